The van der Waals surface area contributed by atoms with Gasteiger partial charge in [-0.2, -0.15) is 5.10 Å². The summed E-state index contributed by atoms with van der Waals surface area (Å²) in [6, 6.07) is 16.7. The molecule has 1 heterocycles. The van der Waals surface area contributed by atoms with Crippen LogP contribution in [0.15, 0.2) is 53.4 Å². The Hall–Kier alpha value is -1.94. The lowest BCUT2D eigenvalue weighted by Crippen LogP contribution is -2.02. The Balaban J connectivity index is 1.87. The Bertz CT molecular complexity index is 733. The predicted molar refractivity (Wildman–Crippen MR) is 86.3 cm³/mol. The summed E-state index contributed by atoms with van der Waals surface area (Å²) >= 11 is 1.75. The van der Waals surface area contributed by atoms with Crippen LogP contribution in [-0.2, 0) is 13.6 Å². The average Bonchev–Trinajstić information content (AvgIpc) is 2.82. The molecule has 3 aromatic rings. The number of rotatable bonds is 4. The smallest absolute Gasteiger partial charge is 0.0894 e. The molecule has 0 aliphatic carbocycles. The minimum absolute atomic E-state index is 0.735. The number of fused-ring (bicyclic) bond motifs is 1. The van der Waals surface area contributed by atoms with Crippen molar-refractivity contribution in [1.82, 2.24) is 9.78 Å². The van der Waals surface area contributed by atoms with Gasteiger partial charge in [-0.15, -0.1) is 11.8 Å². The summed E-state index contributed by atoms with van der Waals surface area (Å²) < 4.78 is 1.94. The molecule has 0 unspecified atom stereocenters. The van der Waals surface area contributed by atoms with E-state index in [4.69, 9.17) is 0 Å². The molecular weight excluding hydrogens is 266 g/mol. The van der Waals surface area contributed by atoms with Gasteiger partial charge in [0.25, 0.3) is 0 Å². The van der Waals surface area contributed by atoms with Crippen LogP contribution in [0.3, 0.4) is 0 Å². The summed E-state index contributed by atoms with van der Waals surface area (Å²) in [6.45, 7) is 0.735. The highest BCUT2D eigenvalue weighted by Gasteiger charge is 2.08. The molecule has 3 rings (SSSR count). The first-order valence-electron chi connectivity index (χ1n) is 6.57. The maximum Gasteiger partial charge on any atom is 0.0894 e. The van der Waals surface area contributed by atoms with Crippen molar-refractivity contribution < 1.29 is 0 Å². The van der Waals surface area contributed by atoms with Crippen molar-refractivity contribution in [2.45, 2.75) is 11.4 Å². The van der Waals surface area contributed by atoms with E-state index in [0.717, 1.165) is 17.9 Å². The molecule has 1 N–H and O–H groups in total. The van der Waals surface area contributed by atoms with Crippen molar-refractivity contribution in [2.75, 3.05) is 11.6 Å². The molecule has 4 heteroatoms. The molecular formula is C16H17N3S. The van der Waals surface area contributed by atoms with Crippen molar-refractivity contribution in [3.05, 3.63) is 54.2 Å². The first-order chi connectivity index (χ1) is 9.79. The normalized spacial score (nSPS) is 10.9. The Morgan fingerprint density at radius 2 is 1.85 bits per heavy atom. The summed E-state index contributed by atoms with van der Waals surface area (Å²) in [5.41, 5.74) is 3.41. The standard InChI is InChI=1S/C16H17N3S/c1-19-15-9-5-3-7-12(15)14(18-19)11-17-13-8-4-6-10-16(13)20-2/h3-10,17H,11H2,1-2H3. The molecule has 0 fully saturated rings. The number of thioether (sulfide) groups is 1. The van der Waals surface area contributed by atoms with Crippen LogP contribution in [-0.4, -0.2) is 16.0 Å². The predicted octanol–water partition coefficient (Wildman–Crippen LogP) is 3.91. The molecule has 3 nitrogen and oxygen atoms in total. The molecule has 0 aliphatic rings. The summed E-state index contributed by atoms with van der Waals surface area (Å²) in [6.07, 6.45) is 2.09. The summed E-state index contributed by atoms with van der Waals surface area (Å²) in [7, 11) is 1.99. The zero-order chi connectivity index (χ0) is 13.9. The van der Waals surface area contributed by atoms with E-state index in [9.17, 15) is 0 Å². The van der Waals surface area contributed by atoms with Gasteiger partial charge in [0.2, 0.25) is 0 Å². The Morgan fingerprint density at radius 1 is 1.10 bits per heavy atom. The van der Waals surface area contributed by atoms with E-state index >= 15 is 0 Å². The van der Waals surface area contributed by atoms with Gasteiger partial charge in [0.1, 0.15) is 0 Å². The highest BCUT2D eigenvalue weighted by Crippen LogP contribution is 2.26. The van der Waals surface area contributed by atoms with Crippen LogP contribution in [0.4, 0.5) is 5.69 Å². The lowest BCUT2D eigenvalue weighted by molar-refractivity contribution is 0.771. The van der Waals surface area contributed by atoms with Gasteiger partial charge >= 0.3 is 0 Å². The monoisotopic (exact) mass is 283 g/mol. The van der Waals surface area contributed by atoms with Gasteiger partial charge in [-0.1, -0.05) is 30.3 Å². The third kappa shape index (κ3) is 2.39. The molecule has 0 saturated carbocycles. The van der Waals surface area contributed by atoms with Crippen LogP contribution in [0.2, 0.25) is 0 Å². The average molecular weight is 283 g/mol. The Labute approximate surface area is 123 Å². The van der Waals surface area contributed by atoms with E-state index < -0.39 is 0 Å². The fourth-order valence-electron chi connectivity index (χ4n) is 2.39. The fourth-order valence-corrected chi connectivity index (χ4v) is 2.96. The molecule has 0 atom stereocenters. The maximum atomic E-state index is 4.61. The van der Waals surface area contributed by atoms with E-state index in [1.165, 1.54) is 15.8 Å². The number of anilines is 1. The first-order valence-corrected chi connectivity index (χ1v) is 7.79. The quantitative estimate of drug-likeness (QED) is 0.736. The lowest BCUT2D eigenvalue weighted by Gasteiger charge is -2.09. The number of hydrogen-bond acceptors (Lipinski definition) is 3. The molecule has 0 saturated heterocycles. The second-order valence-corrected chi connectivity index (χ2v) is 5.49. The Kier molecular flexibility index (Phi) is 3.65. The van der Waals surface area contributed by atoms with Crippen LogP contribution in [0.25, 0.3) is 10.9 Å². The van der Waals surface area contributed by atoms with E-state index in [-0.39, 0.29) is 0 Å². The molecule has 0 amide bonds. The highest BCUT2D eigenvalue weighted by atomic mass is 32.2. The number of nitrogens with zero attached hydrogens (tertiary/aromatic N) is 2. The van der Waals surface area contributed by atoms with Crippen molar-refractivity contribution in [2.24, 2.45) is 7.05 Å². The number of nitrogens with one attached hydrogen (secondary N) is 1. The third-order valence-corrected chi connectivity index (χ3v) is 4.18. The third-order valence-electron chi connectivity index (χ3n) is 3.39. The minimum atomic E-state index is 0.735. The van der Waals surface area contributed by atoms with Crippen LogP contribution in [0.5, 0.6) is 0 Å². The molecule has 1 aromatic heterocycles. The summed E-state index contributed by atoms with van der Waals surface area (Å²) in [5, 5.41) is 9.31. The van der Waals surface area contributed by atoms with Gasteiger partial charge in [0.15, 0.2) is 0 Å². The van der Waals surface area contributed by atoms with Gasteiger partial charge in [0.05, 0.1) is 17.8 Å². The number of aryl methyl sites for hydroxylation is 1. The largest absolute Gasteiger partial charge is 0.378 e. The van der Waals surface area contributed by atoms with E-state index in [0.29, 0.717) is 0 Å². The van der Waals surface area contributed by atoms with Gasteiger partial charge in [-0.05, 0) is 24.5 Å². The Morgan fingerprint density at radius 3 is 2.70 bits per heavy atom. The summed E-state index contributed by atoms with van der Waals surface area (Å²) in [4.78, 5) is 1.26. The number of hydrogen-bond donors (Lipinski definition) is 1. The van der Waals surface area contributed by atoms with Gasteiger partial charge in [-0.3, -0.25) is 4.68 Å². The lowest BCUT2D eigenvalue weighted by atomic mass is 10.2. The van der Waals surface area contributed by atoms with Gasteiger partial charge < -0.3 is 5.32 Å². The molecule has 2 aromatic carbocycles. The van der Waals surface area contributed by atoms with Crippen LogP contribution < -0.4 is 5.32 Å². The fraction of sp³-hybridized carbons (Fsp3) is 0.188. The van der Waals surface area contributed by atoms with Crippen LogP contribution in [0, 0.1) is 0 Å². The zero-order valence-electron chi connectivity index (χ0n) is 11.6. The van der Waals surface area contributed by atoms with Crippen molar-refractivity contribution in [3.63, 3.8) is 0 Å². The highest BCUT2D eigenvalue weighted by molar-refractivity contribution is 7.98. The zero-order valence-corrected chi connectivity index (χ0v) is 12.4. The number of para-hydroxylation sites is 2. The summed E-state index contributed by atoms with van der Waals surface area (Å²) in [5.74, 6) is 0. The topological polar surface area (TPSA) is 29.9 Å². The molecule has 102 valence electrons. The number of aromatic nitrogens is 2. The first kappa shape index (κ1) is 13.1. The number of benzene rings is 2. The van der Waals surface area contributed by atoms with E-state index in [1.807, 2.05) is 17.8 Å². The van der Waals surface area contributed by atoms with Crippen molar-refractivity contribution in [3.8, 4) is 0 Å². The van der Waals surface area contributed by atoms with Gasteiger partial charge in [0, 0.05) is 23.0 Å². The van der Waals surface area contributed by atoms with Crippen molar-refractivity contribution in [1.29, 1.82) is 0 Å². The molecule has 0 spiro atoms. The van der Waals surface area contributed by atoms with Crippen LogP contribution in [0.1, 0.15) is 5.69 Å². The minimum Gasteiger partial charge on any atom is -0.378 e. The molecule has 20 heavy (non-hydrogen) atoms. The second kappa shape index (κ2) is 5.59. The SMILES string of the molecule is CSc1ccccc1NCc1nn(C)c2ccccc12. The molecule has 0 radical (unpaired) electrons. The molecule has 0 aliphatic heterocycles. The van der Waals surface area contributed by atoms with E-state index in [1.54, 1.807) is 11.8 Å². The van der Waals surface area contributed by atoms with E-state index in [2.05, 4.69) is 59.1 Å². The second-order valence-electron chi connectivity index (χ2n) is 4.64. The van der Waals surface area contributed by atoms with Gasteiger partial charge in [-0.25, -0.2) is 0 Å². The molecule has 0 bridgehead atoms. The van der Waals surface area contributed by atoms with Crippen LogP contribution >= 0.6 is 11.8 Å². The van der Waals surface area contributed by atoms with Crippen molar-refractivity contribution >= 4 is 28.4 Å². The maximum absolute atomic E-state index is 4.61.